The summed E-state index contributed by atoms with van der Waals surface area (Å²) in [5.74, 6) is -6.26. The second-order valence-corrected chi connectivity index (χ2v) is 28.4. The van der Waals surface area contributed by atoms with Gasteiger partial charge in [0.2, 0.25) is 0 Å². The van der Waals surface area contributed by atoms with Crippen molar-refractivity contribution in [2.24, 2.45) is 0 Å². The SMILES string of the molecule is O=C(CSS(=O)(=O)O)OCCCCCCCCCCCCOC(=O)CC(O)(CC(=O)OCCCCCCCCCCCCOC(=O)CSS(=O)(=O)O)C(=O)OCCCCCCCCCCCCOC(=O)CSS(=O)(=O)O. The van der Waals surface area contributed by atoms with Crippen LogP contribution >= 0.6 is 32.4 Å². The summed E-state index contributed by atoms with van der Waals surface area (Å²) >= 11 is 0. The average Bonchev–Trinajstić information content (AvgIpc) is 3.33. The van der Waals surface area contributed by atoms with Gasteiger partial charge in [-0.2, -0.15) is 25.3 Å². The molecule has 0 heterocycles. The molecule has 0 spiro atoms. The van der Waals surface area contributed by atoms with Crippen LogP contribution in [-0.2, 0) is 84.6 Å². The molecule has 22 nitrogen and oxygen atoms in total. The Labute approximate surface area is 462 Å². The largest absolute Gasteiger partial charge is 0.466 e. The predicted octanol–water partition coefficient (Wildman–Crippen LogP) is 9.07. The second kappa shape index (κ2) is 46.3. The third-order valence-electron chi connectivity index (χ3n) is 11.4. The van der Waals surface area contributed by atoms with Crippen LogP contribution in [0.4, 0.5) is 0 Å². The van der Waals surface area contributed by atoms with Gasteiger partial charge in [0.25, 0.3) is 0 Å². The van der Waals surface area contributed by atoms with E-state index >= 15 is 0 Å². The minimum absolute atomic E-state index is 0.00860. The Morgan fingerprint density at radius 3 is 0.658 bits per heavy atom. The number of unbranched alkanes of at least 4 members (excludes halogenated alkanes) is 27. The van der Waals surface area contributed by atoms with Crippen molar-refractivity contribution in [3.63, 3.8) is 0 Å². The molecule has 0 amide bonds. The van der Waals surface area contributed by atoms with E-state index in [9.17, 15) is 59.1 Å². The minimum Gasteiger partial charge on any atom is -0.466 e. The fourth-order valence-corrected chi connectivity index (χ4v) is 10.6. The highest BCUT2D eigenvalue weighted by Crippen LogP contribution is 2.22. The van der Waals surface area contributed by atoms with Crippen molar-refractivity contribution in [3.05, 3.63) is 0 Å². The molecule has 0 aromatic heterocycles. The molecule has 76 heavy (non-hydrogen) atoms. The van der Waals surface area contributed by atoms with E-state index in [0.717, 1.165) is 154 Å². The Morgan fingerprint density at radius 2 is 0.461 bits per heavy atom. The number of carbonyl (C=O) groups excluding carboxylic acids is 6. The normalized spacial score (nSPS) is 12.0. The van der Waals surface area contributed by atoms with E-state index in [0.29, 0.717) is 38.5 Å². The topological polar surface area (TPSA) is 341 Å². The van der Waals surface area contributed by atoms with Gasteiger partial charge >= 0.3 is 63.3 Å². The van der Waals surface area contributed by atoms with Gasteiger partial charge in [-0.05, 0) is 38.5 Å². The predicted molar refractivity (Wildman–Crippen MR) is 290 cm³/mol. The summed E-state index contributed by atoms with van der Waals surface area (Å²) in [6, 6.07) is 0. The third kappa shape index (κ3) is 52.3. The first kappa shape index (κ1) is 73.6. The lowest BCUT2D eigenvalue weighted by Gasteiger charge is -2.24. The lowest BCUT2D eigenvalue weighted by atomic mass is 9.95. The molecule has 0 fully saturated rings. The summed E-state index contributed by atoms with van der Waals surface area (Å²) in [5.41, 5.74) is -2.47. The highest BCUT2D eigenvalue weighted by molar-refractivity contribution is 8.70. The highest BCUT2D eigenvalue weighted by Gasteiger charge is 2.43. The van der Waals surface area contributed by atoms with Gasteiger partial charge in [0.05, 0.1) is 52.5 Å². The number of aliphatic hydroxyl groups is 1. The van der Waals surface area contributed by atoms with Crippen LogP contribution < -0.4 is 0 Å². The molecule has 0 atom stereocenters. The summed E-state index contributed by atoms with van der Waals surface area (Å²) in [5, 5.41) is 11.4. The fourth-order valence-electron chi connectivity index (χ4n) is 7.36. The first-order chi connectivity index (χ1) is 36.0. The van der Waals surface area contributed by atoms with Crippen molar-refractivity contribution in [1.29, 1.82) is 0 Å². The lowest BCUT2D eigenvalue weighted by molar-refractivity contribution is -0.178. The quantitative estimate of drug-likeness (QED) is 0.0145. The zero-order valence-corrected chi connectivity index (χ0v) is 49.0. The van der Waals surface area contributed by atoms with Crippen LogP contribution in [0.5, 0.6) is 0 Å². The monoisotopic (exact) mass is 1210 g/mol. The van der Waals surface area contributed by atoms with Crippen LogP contribution in [0.1, 0.15) is 205 Å². The van der Waals surface area contributed by atoms with E-state index in [1.165, 1.54) is 0 Å². The van der Waals surface area contributed by atoms with Crippen molar-refractivity contribution < 1.29 is 101 Å². The van der Waals surface area contributed by atoms with Crippen LogP contribution in [0.2, 0.25) is 0 Å². The molecule has 0 aliphatic heterocycles. The molecule has 0 saturated heterocycles. The molecule has 0 aromatic rings. The Hall–Kier alpha value is -2.44. The number of rotatable bonds is 53. The molecule has 0 rings (SSSR count). The van der Waals surface area contributed by atoms with Crippen molar-refractivity contribution >= 4 is 95.6 Å². The summed E-state index contributed by atoms with van der Waals surface area (Å²) < 4.78 is 121. The van der Waals surface area contributed by atoms with Gasteiger partial charge in [0, 0.05) is 32.4 Å². The van der Waals surface area contributed by atoms with E-state index < -0.39 is 99.0 Å². The molecule has 0 bridgehead atoms. The van der Waals surface area contributed by atoms with Gasteiger partial charge in [-0.15, -0.1) is 0 Å². The van der Waals surface area contributed by atoms with Gasteiger partial charge in [0.1, 0.15) is 17.3 Å². The molecule has 0 aliphatic rings. The molecule has 446 valence electrons. The molecular weight excluding hydrogens is 1120 g/mol. The molecule has 0 saturated carbocycles. The third-order valence-corrected chi connectivity index (χ3v) is 17.1. The number of esters is 6. The summed E-state index contributed by atoms with van der Waals surface area (Å²) in [6.45, 7) is 0.720. The lowest BCUT2D eigenvalue weighted by Crippen LogP contribution is -2.45. The maximum Gasteiger partial charge on any atom is 0.339 e. The molecule has 0 aliphatic carbocycles. The summed E-state index contributed by atoms with van der Waals surface area (Å²) in [7, 11) is -12.5. The first-order valence-electron chi connectivity index (χ1n) is 26.5. The first-order valence-corrected chi connectivity index (χ1v) is 35.4. The number of ether oxygens (including phenoxy) is 6. The van der Waals surface area contributed by atoms with Gasteiger partial charge in [-0.1, -0.05) is 154 Å². The Balaban J connectivity index is 4.55. The summed E-state index contributed by atoms with van der Waals surface area (Å²) in [6.07, 6.45) is 24.7. The number of hydrogen-bond acceptors (Lipinski definition) is 22. The molecular formula is C48H86O22S6. The van der Waals surface area contributed by atoms with Crippen LogP contribution in [0, 0.1) is 0 Å². The minimum atomic E-state index is -4.28. The number of carbonyl (C=O) groups is 6. The van der Waals surface area contributed by atoms with E-state index in [4.69, 9.17) is 42.1 Å². The van der Waals surface area contributed by atoms with E-state index in [1.54, 1.807) is 0 Å². The van der Waals surface area contributed by atoms with Crippen LogP contribution in [0.3, 0.4) is 0 Å². The van der Waals surface area contributed by atoms with Crippen molar-refractivity contribution in [3.8, 4) is 0 Å². The van der Waals surface area contributed by atoms with Crippen LogP contribution in [0.15, 0.2) is 0 Å². The Morgan fingerprint density at radius 1 is 0.289 bits per heavy atom. The summed E-state index contributed by atoms with van der Waals surface area (Å²) in [4.78, 5) is 73.4. The average molecular weight is 1210 g/mol. The maximum atomic E-state index is 13.2. The zero-order chi connectivity index (χ0) is 56.8. The molecule has 0 aromatic carbocycles. The molecule has 0 unspecified atom stereocenters. The fraction of sp³-hybridized carbons (Fsp3) is 0.875. The van der Waals surface area contributed by atoms with E-state index in [1.807, 2.05) is 0 Å². The molecule has 4 N–H and O–H groups in total. The Bertz CT molecular complexity index is 1840. The van der Waals surface area contributed by atoms with E-state index in [-0.39, 0.29) is 72.0 Å². The van der Waals surface area contributed by atoms with Crippen molar-refractivity contribution in [2.75, 3.05) is 56.9 Å². The van der Waals surface area contributed by atoms with Gasteiger partial charge in [0.15, 0.2) is 5.60 Å². The van der Waals surface area contributed by atoms with Crippen LogP contribution in [-0.4, -0.2) is 142 Å². The second-order valence-electron chi connectivity index (χ2n) is 18.3. The zero-order valence-electron chi connectivity index (χ0n) is 44.1. The van der Waals surface area contributed by atoms with Gasteiger partial charge in [-0.25, -0.2) is 4.79 Å². The smallest absolute Gasteiger partial charge is 0.339 e. The van der Waals surface area contributed by atoms with Gasteiger partial charge < -0.3 is 33.5 Å². The maximum absolute atomic E-state index is 13.2. The van der Waals surface area contributed by atoms with Crippen molar-refractivity contribution in [1.82, 2.24) is 0 Å². The molecule has 0 radical (unpaired) electrons. The standard InChI is InChI=1S/C48H86O22S6/c49-42(65-31-25-19-13-7-1-3-9-15-21-27-33-67-44(51)39-71-74(56,57)58)37-48(55,47(54)70-36-30-24-18-12-6-5-11-17-23-29-35-69-46(53)41-73-76(62,63)64)38-43(50)66-32-26-20-14-8-2-4-10-16-22-28-34-68-45(52)40-72-75(59,60)61/h55H,1-41H2,(H,56,57,58)(H,59,60,61)(H,62,63,64). The Kier molecular flexibility index (Phi) is 44.8. The molecule has 28 heteroatoms. The van der Waals surface area contributed by atoms with Gasteiger partial charge in [-0.3, -0.25) is 37.6 Å². The van der Waals surface area contributed by atoms with Crippen molar-refractivity contribution in [2.45, 2.75) is 211 Å². The number of hydrogen-bond donors (Lipinski definition) is 4. The van der Waals surface area contributed by atoms with Crippen LogP contribution in [0.25, 0.3) is 0 Å². The van der Waals surface area contributed by atoms with E-state index in [2.05, 4.69) is 0 Å². The highest BCUT2D eigenvalue weighted by atomic mass is 33.2.